The van der Waals surface area contributed by atoms with Crippen LogP contribution in [0.15, 0.2) is 35.5 Å². The van der Waals surface area contributed by atoms with Gasteiger partial charge in [0, 0.05) is 37.8 Å². The molecule has 9 heteroatoms. The molecule has 0 saturated carbocycles. The molecule has 2 rings (SSSR count). The molecule has 1 unspecified atom stereocenters. The van der Waals surface area contributed by atoms with E-state index in [1.165, 1.54) is 25.3 Å². The Hall–Kier alpha value is -2.68. The van der Waals surface area contributed by atoms with Gasteiger partial charge >= 0.3 is 6.18 Å². The molecule has 0 amide bonds. The summed E-state index contributed by atoms with van der Waals surface area (Å²) in [5, 5.41) is 10.8. The highest BCUT2D eigenvalue weighted by Crippen LogP contribution is 2.46. The molecule has 158 valence electrons. The summed E-state index contributed by atoms with van der Waals surface area (Å²) in [5.74, 6) is -1.10. The first-order valence-electron chi connectivity index (χ1n) is 8.85. The summed E-state index contributed by atoms with van der Waals surface area (Å²) in [6, 6.07) is 4.62. The number of aliphatic imine (C=N–C) groups is 1. The zero-order valence-corrected chi connectivity index (χ0v) is 16.6. The number of aliphatic hydroxyl groups is 1. The molecule has 0 saturated heterocycles. The zero-order chi connectivity index (χ0) is 21.8. The molecule has 0 radical (unpaired) electrons. The van der Waals surface area contributed by atoms with E-state index in [0.717, 1.165) is 12.3 Å². The van der Waals surface area contributed by atoms with Crippen molar-refractivity contribution in [1.29, 1.82) is 0 Å². The Kier molecular flexibility index (Phi) is 6.84. The number of aromatic nitrogens is 1. The van der Waals surface area contributed by atoms with E-state index in [1.807, 2.05) is 6.92 Å². The average Bonchev–Trinajstić information content (AvgIpc) is 2.65. The molecule has 0 aliphatic carbocycles. The van der Waals surface area contributed by atoms with Crippen LogP contribution >= 0.6 is 0 Å². The third-order valence-corrected chi connectivity index (χ3v) is 4.58. The molecule has 1 atom stereocenters. The van der Waals surface area contributed by atoms with Crippen LogP contribution in [0.3, 0.4) is 0 Å². The predicted octanol–water partition coefficient (Wildman–Crippen LogP) is 4.14. The van der Waals surface area contributed by atoms with Gasteiger partial charge < -0.3 is 14.7 Å². The van der Waals surface area contributed by atoms with E-state index in [1.54, 1.807) is 25.2 Å². The van der Waals surface area contributed by atoms with Gasteiger partial charge in [-0.1, -0.05) is 0 Å². The Bertz CT molecular complexity index is 887. The van der Waals surface area contributed by atoms with Crippen molar-refractivity contribution < 1.29 is 27.4 Å². The van der Waals surface area contributed by atoms with Crippen LogP contribution in [0.1, 0.15) is 23.6 Å². The first kappa shape index (κ1) is 22.6. The summed E-state index contributed by atoms with van der Waals surface area (Å²) < 4.78 is 60.4. The van der Waals surface area contributed by atoms with Gasteiger partial charge in [-0.15, -0.1) is 0 Å². The van der Waals surface area contributed by atoms with E-state index in [0.29, 0.717) is 17.8 Å². The standard InChI is InChI=1S/C20H23F4N3O2/c1-5-27(3)12-26-16-10-17(29-4)15(8-13(16)2)19(28,20(22,23)24)11-14-6-7-25-18(21)9-14/h6-10,12,28H,5,11H2,1-4H3. The highest BCUT2D eigenvalue weighted by atomic mass is 19.4. The first-order chi connectivity index (χ1) is 13.5. The van der Waals surface area contributed by atoms with Gasteiger partial charge in [-0.25, -0.2) is 9.98 Å². The summed E-state index contributed by atoms with van der Waals surface area (Å²) >= 11 is 0. The van der Waals surface area contributed by atoms with Crippen molar-refractivity contribution in [3.05, 3.63) is 53.1 Å². The van der Waals surface area contributed by atoms with Gasteiger partial charge in [0.15, 0.2) is 5.60 Å². The number of alkyl halides is 3. The van der Waals surface area contributed by atoms with Crippen LogP contribution in [0.2, 0.25) is 0 Å². The van der Waals surface area contributed by atoms with Crippen LogP contribution in [-0.4, -0.2) is 48.2 Å². The molecule has 1 N–H and O–H groups in total. The Morgan fingerprint density at radius 3 is 2.52 bits per heavy atom. The van der Waals surface area contributed by atoms with E-state index < -0.39 is 29.7 Å². The van der Waals surface area contributed by atoms with Crippen LogP contribution in [0.4, 0.5) is 23.2 Å². The highest BCUT2D eigenvalue weighted by Gasteiger charge is 2.56. The molecular formula is C20H23F4N3O2. The minimum atomic E-state index is -5.04. The molecule has 1 heterocycles. The van der Waals surface area contributed by atoms with E-state index in [-0.39, 0.29) is 11.3 Å². The third kappa shape index (κ3) is 5.03. The SMILES string of the molecule is CCN(C)C=Nc1cc(OC)c(C(O)(Cc2ccnc(F)c2)C(F)(F)F)cc1C. The summed E-state index contributed by atoms with van der Waals surface area (Å²) in [5.41, 5.74) is -2.98. The molecule has 0 aliphatic rings. The summed E-state index contributed by atoms with van der Waals surface area (Å²) in [4.78, 5) is 9.39. The lowest BCUT2D eigenvalue weighted by Crippen LogP contribution is -2.44. The number of methoxy groups -OCH3 is 1. The van der Waals surface area contributed by atoms with Crippen molar-refractivity contribution >= 4 is 12.0 Å². The van der Waals surface area contributed by atoms with E-state index in [4.69, 9.17) is 4.74 Å². The van der Waals surface area contributed by atoms with Crippen LogP contribution in [0, 0.1) is 12.9 Å². The van der Waals surface area contributed by atoms with Crippen LogP contribution < -0.4 is 4.74 Å². The summed E-state index contributed by atoms with van der Waals surface area (Å²) in [7, 11) is 3.02. The van der Waals surface area contributed by atoms with Crippen LogP contribution in [-0.2, 0) is 12.0 Å². The minimum absolute atomic E-state index is 0.0521. The summed E-state index contributed by atoms with van der Waals surface area (Å²) in [6.45, 7) is 4.21. The lowest BCUT2D eigenvalue weighted by Gasteiger charge is -2.32. The number of aryl methyl sites for hydroxylation is 1. The fourth-order valence-corrected chi connectivity index (χ4v) is 2.75. The predicted molar refractivity (Wildman–Crippen MR) is 102 cm³/mol. The maximum Gasteiger partial charge on any atom is 0.421 e. The normalized spacial score (nSPS) is 14.1. The van der Waals surface area contributed by atoms with Crippen molar-refractivity contribution in [2.45, 2.75) is 32.0 Å². The first-order valence-corrected chi connectivity index (χ1v) is 8.85. The molecule has 1 aromatic carbocycles. The van der Waals surface area contributed by atoms with Gasteiger partial charge in [0.1, 0.15) is 5.75 Å². The van der Waals surface area contributed by atoms with Crippen molar-refractivity contribution in [2.24, 2.45) is 4.99 Å². The maximum absolute atomic E-state index is 14.0. The van der Waals surface area contributed by atoms with Crippen molar-refractivity contribution in [3.63, 3.8) is 0 Å². The van der Waals surface area contributed by atoms with Gasteiger partial charge in [0.05, 0.1) is 19.1 Å². The third-order valence-electron chi connectivity index (χ3n) is 4.58. The largest absolute Gasteiger partial charge is 0.496 e. The van der Waals surface area contributed by atoms with E-state index >= 15 is 0 Å². The number of ether oxygens (including phenoxy) is 1. The second-order valence-electron chi connectivity index (χ2n) is 6.68. The number of hydrogen-bond donors (Lipinski definition) is 1. The van der Waals surface area contributed by atoms with E-state index in [2.05, 4.69) is 9.98 Å². The number of benzene rings is 1. The average molecular weight is 413 g/mol. The smallest absolute Gasteiger partial charge is 0.421 e. The Balaban J connectivity index is 2.59. The van der Waals surface area contributed by atoms with Crippen LogP contribution in [0.25, 0.3) is 0 Å². The quantitative estimate of drug-likeness (QED) is 0.321. The number of rotatable bonds is 7. The molecule has 0 spiro atoms. The van der Waals surface area contributed by atoms with E-state index in [9.17, 15) is 22.7 Å². The van der Waals surface area contributed by atoms with Gasteiger partial charge in [-0.2, -0.15) is 17.6 Å². The van der Waals surface area contributed by atoms with Crippen molar-refractivity contribution in [1.82, 2.24) is 9.88 Å². The number of hydrogen-bond acceptors (Lipinski definition) is 4. The van der Waals surface area contributed by atoms with Gasteiger partial charge in [-0.05, 0) is 43.2 Å². The molecule has 0 aliphatic heterocycles. The number of nitrogens with zero attached hydrogens (tertiary/aromatic N) is 3. The molecule has 1 aromatic heterocycles. The second-order valence-corrected chi connectivity index (χ2v) is 6.68. The zero-order valence-electron chi connectivity index (χ0n) is 16.6. The number of halogens is 4. The van der Waals surface area contributed by atoms with Crippen molar-refractivity contribution in [2.75, 3.05) is 20.7 Å². The molecular weight excluding hydrogens is 390 g/mol. The molecule has 5 nitrogen and oxygen atoms in total. The maximum atomic E-state index is 14.0. The fourth-order valence-electron chi connectivity index (χ4n) is 2.75. The topological polar surface area (TPSA) is 58.0 Å². The van der Waals surface area contributed by atoms with Gasteiger partial charge in [0.25, 0.3) is 0 Å². The fraction of sp³-hybridized carbons (Fsp3) is 0.400. The minimum Gasteiger partial charge on any atom is -0.496 e. The van der Waals surface area contributed by atoms with Crippen LogP contribution in [0.5, 0.6) is 5.75 Å². The number of pyridine rings is 1. The summed E-state index contributed by atoms with van der Waals surface area (Å²) in [6.07, 6.45) is -3.34. The lowest BCUT2D eigenvalue weighted by molar-refractivity contribution is -0.266. The Morgan fingerprint density at radius 1 is 1.28 bits per heavy atom. The Morgan fingerprint density at radius 2 is 1.97 bits per heavy atom. The second kappa shape index (κ2) is 8.77. The molecule has 0 bridgehead atoms. The van der Waals surface area contributed by atoms with Crippen molar-refractivity contribution in [3.8, 4) is 5.75 Å². The highest BCUT2D eigenvalue weighted by molar-refractivity contribution is 5.65. The lowest BCUT2D eigenvalue weighted by atomic mass is 9.85. The van der Waals surface area contributed by atoms with Gasteiger partial charge in [-0.3, -0.25) is 0 Å². The monoisotopic (exact) mass is 413 g/mol. The molecule has 0 fully saturated rings. The molecule has 2 aromatic rings. The molecule has 29 heavy (non-hydrogen) atoms. The Labute approximate surface area is 166 Å². The van der Waals surface area contributed by atoms with Gasteiger partial charge in [0.2, 0.25) is 5.95 Å².